The number of halogens is 3. The van der Waals surface area contributed by atoms with Crippen LogP contribution >= 0.6 is 23.2 Å². The highest BCUT2D eigenvalue weighted by Gasteiger charge is 2.19. The maximum absolute atomic E-state index is 14.6. The van der Waals surface area contributed by atoms with E-state index in [1.165, 1.54) is 12.1 Å². The van der Waals surface area contributed by atoms with Crippen molar-refractivity contribution in [2.75, 3.05) is 12.8 Å². The standard InChI is InChI=1S/C15H13Cl2FN2O3/c1-3-7-9(16)5-4-8(13(7)18)11-6-10(19)12(17)14(20-11)23-15(21)22-2/h4-6H,3H2,1-2H3,(H2,19,20). The van der Waals surface area contributed by atoms with Crippen molar-refractivity contribution in [1.82, 2.24) is 4.98 Å². The molecule has 0 aliphatic carbocycles. The highest BCUT2D eigenvalue weighted by atomic mass is 35.5. The Labute approximate surface area is 142 Å². The van der Waals surface area contributed by atoms with Crippen molar-refractivity contribution >= 4 is 35.0 Å². The van der Waals surface area contributed by atoms with Crippen LogP contribution < -0.4 is 10.5 Å². The minimum absolute atomic E-state index is 0.0655. The fourth-order valence-corrected chi connectivity index (χ4v) is 2.39. The number of ether oxygens (including phenoxy) is 2. The predicted molar refractivity (Wildman–Crippen MR) is 86.5 cm³/mol. The fraction of sp³-hybridized carbons (Fsp3) is 0.200. The smallest absolute Gasteiger partial charge is 0.437 e. The van der Waals surface area contributed by atoms with Crippen LogP contribution in [0, 0.1) is 5.82 Å². The van der Waals surface area contributed by atoms with Crippen LogP contribution in [0.25, 0.3) is 11.3 Å². The van der Waals surface area contributed by atoms with Crippen molar-refractivity contribution in [3.05, 3.63) is 39.6 Å². The molecule has 0 unspecified atom stereocenters. The summed E-state index contributed by atoms with van der Waals surface area (Å²) in [5.74, 6) is -0.779. The third-order valence-corrected chi connectivity index (χ3v) is 3.85. The lowest BCUT2D eigenvalue weighted by Crippen LogP contribution is -2.10. The molecule has 0 radical (unpaired) electrons. The van der Waals surface area contributed by atoms with Gasteiger partial charge >= 0.3 is 6.16 Å². The van der Waals surface area contributed by atoms with E-state index in [2.05, 4.69) is 9.72 Å². The molecule has 1 aromatic carbocycles. The maximum Gasteiger partial charge on any atom is 0.514 e. The summed E-state index contributed by atoms with van der Waals surface area (Å²) >= 11 is 11.9. The molecule has 2 aromatic rings. The van der Waals surface area contributed by atoms with Gasteiger partial charge in [-0.15, -0.1) is 0 Å². The van der Waals surface area contributed by atoms with Crippen LogP contribution in [0.4, 0.5) is 14.9 Å². The van der Waals surface area contributed by atoms with Gasteiger partial charge in [0.1, 0.15) is 10.8 Å². The third kappa shape index (κ3) is 3.48. The lowest BCUT2D eigenvalue weighted by atomic mass is 10.0. The molecule has 0 atom stereocenters. The Morgan fingerprint density at radius 3 is 2.70 bits per heavy atom. The zero-order valence-corrected chi connectivity index (χ0v) is 13.8. The number of anilines is 1. The molecule has 1 aromatic heterocycles. The van der Waals surface area contributed by atoms with Crippen molar-refractivity contribution in [2.24, 2.45) is 0 Å². The average Bonchev–Trinajstić information content (AvgIpc) is 2.52. The molecule has 5 nitrogen and oxygen atoms in total. The zero-order chi connectivity index (χ0) is 17.1. The van der Waals surface area contributed by atoms with Gasteiger partial charge in [-0.1, -0.05) is 30.1 Å². The number of nitrogens with zero attached hydrogens (tertiary/aromatic N) is 1. The Hall–Kier alpha value is -2.05. The van der Waals surface area contributed by atoms with Crippen LogP contribution in [0.3, 0.4) is 0 Å². The maximum atomic E-state index is 14.6. The monoisotopic (exact) mass is 358 g/mol. The molecule has 0 saturated heterocycles. The van der Waals surface area contributed by atoms with Gasteiger partial charge in [0.15, 0.2) is 0 Å². The van der Waals surface area contributed by atoms with Crippen LogP contribution in [0.15, 0.2) is 18.2 Å². The summed E-state index contributed by atoms with van der Waals surface area (Å²) in [5, 5.41) is 0.256. The number of nitrogens with two attached hydrogens (primary N) is 1. The summed E-state index contributed by atoms with van der Waals surface area (Å²) in [6, 6.07) is 4.42. The summed E-state index contributed by atoms with van der Waals surface area (Å²) in [5.41, 5.74) is 6.55. The molecular formula is C15H13Cl2FN2O3. The van der Waals surface area contributed by atoms with Gasteiger partial charge in [0.2, 0.25) is 5.88 Å². The second-order valence-electron chi connectivity index (χ2n) is 4.51. The van der Waals surface area contributed by atoms with E-state index in [9.17, 15) is 9.18 Å². The highest BCUT2D eigenvalue weighted by molar-refractivity contribution is 6.34. The van der Waals surface area contributed by atoms with Gasteiger partial charge in [-0.05, 0) is 24.6 Å². The van der Waals surface area contributed by atoms with E-state index in [1.54, 1.807) is 13.0 Å². The first-order chi connectivity index (χ1) is 10.9. The number of benzene rings is 1. The second kappa shape index (κ2) is 7.02. The first-order valence-electron chi connectivity index (χ1n) is 6.58. The summed E-state index contributed by atoms with van der Waals surface area (Å²) < 4.78 is 23.8. The number of nitrogen functional groups attached to an aromatic ring is 1. The molecule has 8 heteroatoms. The molecule has 0 aliphatic heterocycles. The Morgan fingerprint density at radius 2 is 2.09 bits per heavy atom. The highest BCUT2D eigenvalue weighted by Crippen LogP contribution is 2.35. The van der Waals surface area contributed by atoms with E-state index in [0.29, 0.717) is 17.0 Å². The van der Waals surface area contributed by atoms with Gasteiger partial charge in [0.05, 0.1) is 18.5 Å². The van der Waals surface area contributed by atoms with Crippen LogP contribution in [0.5, 0.6) is 5.88 Å². The summed E-state index contributed by atoms with van der Waals surface area (Å²) in [4.78, 5) is 15.3. The van der Waals surface area contributed by atoms with Crippen molar-refractivity contribution in [2.45, 2.75) is 13.3 Å². The Morgan fingerprint density at radius 1 is 1.39 bits per heavy atom. The van der Waals surface area contributed by atoms with Crippen LogP contribution in [-0.4, -0.2) is 18.2 Å². The SMILES string of the molecule is CCc1c(Cl)ccc(-c2cc(N)c(Cl)c(OC(=O)OC)n2)c1F. The Bertz CT molecular complexity index is 769. The van der Waals surface area contributed by atoms with Gasteiger partial charge in [-0.3, -0.25) is 0 Å². The first kappa shape index (κ1) is 17.3. The summed E-state index contributed by atoms with van der Waals surface area (Å²) in [6.45, 7) is 1.78. The van der Waals surface area contributed by atoms with Crippen LogP contribution in [0.2, 0.25) is 10.0 Å². The van der Waals surface area contributed by atoms with Gasteiger partial charge in [0.25, 0.3) is 0 Å². The minimum atomic E-state index is -1.01. The topological polar surface area (TPSA) is 74.4 Å². The number of hydrogen-bond acceptors (Lipinski definition) is 5. The number of aromatic nitrogens is 1. The number of carbonyl (C=O) groups is 1. The molecule has 2 rings (SSSR count). The molecular weight excluding hydrogens is 346 g/mol. The molecule has 0 fully saturated rings. The molecule has 0 aliphatic rings. The van der Waals surface area contributed by atoms with Gasteiger partial charge in [-0.25, -0.2) is 14.2 Å². The van der Waals surface area contributed by atoms with Gasteiger partial charge in [-0.2, -0.15) is 0 Å². The fourth-order valence-electron chi connectivity index (χ4n) is 1.97. The summed E-state index contributed by atoms with van der Waals surface area (Å²) in [7, 11) is 1.13. The van der Waals surface area contributed by atoms with E-state index in [-0.39, 0.29) is 27.8 Å². The lowest BCUT2D eigenvalue weighted by Gasteiger charge is -2.12. The number of carbonyl (C=O) groups excluding carboxylic acids is 1. The summed E-state index contributed by atoms with van der Waals surface area (Å²) in [6.07, 6.45) is -0.602. The van der Waals surface area contributed by atoms with E-state index < -0.39 is 12.0 Å². The number of rotatable bonds is 3. The predicted octanol–water partition coefficient (Wildman–Crippen LogP) is 4.48. The number of pyridine rings is 1. The molecule has 2 N–H and O–H groups in total. The number of methoxy groups -OCH3 is 1. The normalized spacial score (nSPS) is 10.5. The molecule has 0 spiro atoms. The first-order valence-corrected chi connectivity index (χ1v) is 7.33. The third-order valence-electron chi connectivity index (χ3n) is 3.12. The van der Waals surface area contributed by atoms with E-state index in [0.717, 1.165) is 7.11 Å². The minimum Gasteiger partial charge on any atom is -0.437 e. The van der Waals surface area contributed by atoms with E-state index >= 15 is 0 Å². The van der Waals surface area contributed by atoms with Crippen molar-refractivity contribution < 1.29 is 18.7 Å². The van der Waals surface area contributed by atoms with E-state index in [4.69, 9.17) is 33.7 Å². The van der Waals surface area contributed by atoms with Gasteiger partial charge in [0, 0.05) is 16.1 Å². The Balaban J connectivity index is 2.59. The molecule has 1 heterocycles. The van der Waals surface area contributed by atoms with Crippen molar-refractivity contribution in [3.63, 3.8) is 0 Å². The Kier molecular flexibility index (Phi) is 5.28. The van der Waals surface area contributed by atoms with Gasteiger partial charge < -0.3 is 15.2 Å². The lowest BCUT2D eigenvalue weighted by molar-refractivity contribution is 0.120. The zero-order valence-electron chi connectivity index (χ0n) is 12.3. The van der Waals surface area contributed by atoms with Crippen molar-refractivity contribution in [3.8, 4) is 17.1 Å². The quantitative estimate of drug-likeness (QED) is 0.818. The van der Waals surface area contributed by atoms with Crippen LogP contribution in [-0.2, 0) is 11.2 Å². The molecule has 0 bridgehead atoms. The molecule has 0 saturated carbocycles. The molecule has 0 amide bonds. The van der Waals surface area contributed by atoms with Crippen LogP contribution in [0.1, 0.15) is 12.5 Å². The van der Waals surface area contributed by atoms with Crippen molar-refractivity contribution in [1.29, 1.82) is 0 Å². The molecule has 23 heavy (non-hydrogen) atoms. The largest absolute Gasteiger partial charge is 0.514 e. The molecule has 122 valence electrons. The second-order valence-corrected chi connectivity index (χ2v) is 5.30. The van der Waals surface area contributed by atoms with E-state index in [1.807, 2.05) is 0 Å². The number of hydrogen-bond donors (Lipinski definition) is 1. The average molecular weight is 359 g/mol.